The van der Waals surface area contributed by atoms with E-state index in [4.69, 9.17) is 13.9 Å². The van der Waals surface area contributed by atoms with E-state index in [0.717, 1.165) is 23.2 Å². The Morgan fingerprint density at radius 3 is 2.33 bits per heavy atom. The molecule has 5 heteroatoms. The fourth-order valence-electron chi connectivity index (χ4n) is 3.41. The van der Waals surface area contributed by atoms with Crippen LogP contribution in [0.1, 0.15) is 24.0 Å². The number of fused-ring (bicyclic) bond motifs is 1. The van der Waals surface area contributed by atoms with Crippen LogP contribution < -0.4 is 15.1 Å². The minimum absolute atomic E-state index is 0.328. The predicted molar refractivity (Wildman–Crippen MR) is 104 cm³/mol. The van der Waals surface area contributed by atoms with Crippen molar-refractivity contribution in [2.75, 3.05) is 14.2 Å². The van der Waals surface area contributed by atoms with Crippen molar-refractivity contribution in [3.8, 4) is 11.5 Å². The highest BCUT2D eigenvalue weighted by Gasteiger charge is 2.29. The second-order valence-electron chi connectivity index (χ2n) is 6.94. The first-order chi connectivity index (χ1) is 13.2. The molecular formula is C22H23NO4. The van der Waals surface area contributed by atoms with Gasteiger partial charge in [0.25, 0.3) is 0 Å². The number of nitrogens with zero attached hydrogens (tertiary/aromatic N) is 1. The second-order valence-corrected chi connectivity index (χ2v) is 6.94. The van der Waals surface area contributed by atoms with E-state index in [0.29, 0.717) is 23.9 Å². The average Bonchev–Trinajstić information content (AvgIpc) is 3.52. The van der Waals surface area contributed by atoms with Gasteiger partial charge in [-0.3, -0.25) is 4.90 Å². The van der Waals surface area contributed by atoms with Crippen molar-refractivity contribution < 1.29 is 13.9 Å². The van der Waals surface area contributed by atoms with Gasteiger partial charge in [-0.25, -0.2) is 4.79 Å². The molecule has 1 saturated carbocycles. The summed E-state index contributed by atoms with van der Waals surface area (Å²) in [6.07, 6.45) is 2.40. The van der Waals surface area contributed by atoms with Crippen molar-refractivity contribution in [1.82, 2.24) is 4.90 Å². The largest absolute Gasteiger partial charge is 0.497 e. The van der Waals surface area contributed by atoms with Crippen molar-refractivity contribution in [2.24, 2.45) is 0 Å². The molecule has 3 aromatic rings. The van der Waals surface area contributed by atoms with Crippen molar-refractivity contribution in [3.63, 3.8) is 0 Å². The number of hydrogen-bond donors (Lipinski definition) is 0. The number of hydrogen-bond acceptors (Lipinski definition) is 5. The molecule has 0 spiro atoms. The van der Waals surface area contributed by atoms with Crippen LogP contribution in [0.5, 0.6) is 11.5 Å². The highest BCUT2D eigenvalue weighted by Crippen LogP contribution is 2.32. The van der Waals surface area contributed by atoms with Crippen LogP contribution in [-0.4, -0.2) is 25.2 Å². The second kappa shape index (κ2) is 7.45. The number of rotatable bonds is 7. The molecule has 0 bridgehead atoms. The Labute approximate surface area is 158 Å². The van der Waals surface area contributed by atoms with E-state index in [-0.39, 0.29) is 5.63 Å². The molecule has 0 atom stereocenters. The van der Waals surface area contributed by atoms with Crippen LogP contribution in [0.25, 0.3) is 11.0 Å². The third-order valence-corrected chi connectivity index (χ3v) is 5.02. The van der Waals surface area contributed by atoms with Gasteiger partial charge in [0, 0.05) is 36.7 Å². The molecule has 1 aromatic heterocycles. The smallest absolute Gasteiger partial charge is 0.336 e. The van der Waals surface area contributed by atoms with Gasteiger partial charge in [0.2, 0.25) is 0 Å². The first-order valence-electron chi connectivity index (χ1n) is 9.14. The van der Waals surface area contributed by atoms with Gasteiger partial charge < -0.3 is 13.9 Å². The SMILES string of the molecule is COc1ccc(CN(Cc2cc(=O)oc3cc(OC)ccc23)C2CC2)cc1. The molecule has 0 N–H and O–H groups in total. The summed E-state index contributed by atoms with van der Waals surface area (Å²) in [7, 11) is 3.28. The van der Waals surface area contributed by atoms with Gasteiger partial charge in [0.15, 0.2) is 0 Å². The summed E-state index contributed by atoms with van der Waals surface area (Å²) >= 11 is 0. The Morgan fingerprint density at radius 2 is 1.67 bits per heavy atom. The highest BCUT2D eigenvalue weighted by molar-refractivity contribution is 5.81. The third kappa shape index (κ3) is 3.98. The van der Waals surface area contributed by atoms with E-state index in [2.05, 4.69) is 17.0 Å². The normalized spacial score (nSPS) is 13.9. The molecule has 1 aliphatic carbocycles. The maximum absolute atomic E-state index is 12.1. The summed E-state index contributed by atoms with van der Waals surface area (Å²) in [6.45, 7) is 1.55. The van der Waals surface area contributed by atoms with Gasteiger partial charge in [-0.15, -0.1) is 0 Å². The van der Waals surface area contributed by atoms with Crippen molar-refractivity contribution in [1.29, 1.82) is 0 Å². The molecular weight excluding hydrogens is 342 g/mol. The fraction of sp³-hybridized carbons (Fsp3) is 0.318. The first kappa shape index (κ1) is 17.6. The zero-order chi connectivity index (χ0) is 18.8. The molecule has 4 rings (SSSR count). The molecule has 0 amide bonds. The Morgan fingerprint density at radius 1 is 0.963 bits per heavy atom. The molecule has 0 aliphatic heterocycles. The Balaban J connectivity index is 1.62. The van der Waals surface area contributed by atoms with Gasteiger partial charge in [-0.05, 0) is 48.2 Å². The van der Waals surface area contributed by atoms with E-state index in [1.807, 2.05) is 24.3 Å². The molecule has 2 aromatic carbocycles. The molecule has 140 valence electrons. The lowest BCUT2D eigenvalue weighted by molar-refractivity contribution is 0.246. The molecule has 0 unspecified atom stereocenters. The number of benzene rings is 2. The van der Waals surface area contributed by atoms with E-state index < -0.39 is 0 Å². The quantitative estimate of drug-likeness (QED) is 0.593. The molecule has 27 heavy (non-hydrogen) atoms. The summed E-state index contributed by atoms with van der Waals surface area (Å²) < 4.78 is 15.9. The number of methoxy groups -OCH3 is 2. The molecule has 1 heterocycles. The summed E-state index contributed by atoms with van der Waals surface area (Å²) in [5.41, 5.74) is 2.46. The van der Waals surface area contributed by atoms with Crippen molar-refractivity contribution in [2.45, 2.75) is 32.0 Å². The third-order valence-electron chi connectivity index (χ3n) is 5.02. The topological polar surface area (TPSA) is 51.9 Å². The van der Waals surface area contributed by atoms with E-state index in [9.17, 15) is 4.79 Å². The monoisotopic (exact) mass is 365 g/mol. The van der Waals surface area contributed by atoms with Gasteiger partial charge >= 0.3 is 5.63 Å². The molecule has 5 nitrogen and oxygen atoms in total. The molecule has 0 radical (unpaired) electrons. The van der Waals surface area contributed by atoms with Crippen LogP contribution >= 0.6 is 0 Å². The average molecular weight is 365 g/mol. The standard InChI is InChI=1S/C22H23NO4/c1-25-18-7-3-15(4-8-18)13-23(17-5-6-17)14-16-11-22(24)27-21-12-19(26-2)9-10-20(16)21/h3-4,7-12,17H,5-6,13-14H2,1-2H3. The number of ether oxygens (including phenoxy) is 2. The van der Waals surface area contributed by atoms with Gasteiger partial charge in [-0.2, -0.15) is 0 Å². The lowest BCUT2D eigenvalue weighted by Gasteiger charge is -2.23. The van der Waals surface area contributed by atoms with Gasteiger partial charge in [0.1, 0.15) is 17.1 Å². The van der Waals surface area contributed by atoms with Gasteiger partial charge in [0.05, 0.1) is 14.2 Å². The van der Waals surface area contributed by atoms with E-state index in [1.54, 1.807) is 26.4 Å². The minimum atomic E-state index is -0.328. The maximum Gasteiger partial charge on any atom is 0.336 e. The maximum atomic E-state index is 12.1. The lowest BCUT2D eigenvalue weighted by Crippen LogP contribution is -2.25. The Hall–Kier alpha value is -2.79. The summed E-state index contributed by atoms with van der Waals surface area (Å²) in [6, 6.07) is 16.0. The zero-order valence-electron chi connectivity index (χ0n) is 15.6. The molecule has 1 fully saturated rings. The summed E-state index contributed by atoms with van der Waals surface area (Å²) in [5, 5.41) is 0.954. The van der Waals surface area contributed by atoms with Crippen molar-refractivity contribution >= 4 is 11.0 Å². The van der Waals surface area contributed by atoms with E-state index in [1.165, 1.54) is 18.4 Å². The molecule has 1 aliphatic rings. The van der Waals surface area contributed by atoms with Crippen LogP contribution in [0.3, 0.4) is 0 Å². The highest BCUT2D eigenvalue weighted by atomic mass is 16.5. The summed E-state index contributed by atoms with van der Waals surface area (Å²) in [5.74, 6) is 1.54. The van der Waals surface area contributed by atoms with Crippen LogP contribution in [0.15, 0.2) is 57.7 Å². The van der Waals surface area contributed by atoms with Crippen LogP contribution in [-0.2, 0) is 13.1 Å². The van der Waals surface area contributed by atoms with E-state index >= 15 is 0 Å². The van der Waals surface area contributed by atoms with Crippen LogP contribution in [0, 0.1) is 0 Å². The predicted octanol–water partition coefficient (Wildman–Crippen LogP) is 3.97. The molecule has 0 saturated heterocycles. The zero-order valence-corrected chi connectivity index (χ0v) is 15.6. The van der Waals surface area contributed by atoms with Crippen LogP contribution in [0.2, 0.25) is 0 Å². The fourth-order valence-corrected chi connectivity index (χ4v) is 3.41. The first-order valence-corrected chi connectivity index (χ1v) is 9.14. The van der Waals surface area contributed by atoms with Gasteiger partial charge in [-0.1, -0.05) is 12.1 Å². The minimum Gasteiger partial charge on any atom is -0.497 e. The Bertz CT molecular complexity index is 989. The lowest BCUT2D eigenvalue weighted by atomic mass is 10.1. The summed E-state index contributed by atoms with van der Waals surface area (Å²) in [4.78, 5) is 14.5. The van der Waals surface area contributed by atoms with Crippen molar-refractivity contribution in [3.05, 3.63) is 70.1 Å². The Kier molecular flexibility index (Phi) is 4.86. The van der Waals surface area contributed by atoms with Crippen LogP contribution in [0.4, 0.5) is 0 Å².